The van der Waals surface area contributed by atoms with E-state index < -0.39 is 12.0 Å². The number of aryl methyl sites for hydroxylation is 1. The quantitative estimate of drug-likeness (QED) is 0.874. The topological polar surface area (TPSA) is 66.4 Å². The van der Waals surface area contributed by atoms with E-state index in [0.29, 0.717) is 22.4 Å². The van der Waals surface area contributed by atoms with Gasteiger partial charge in [-0.2, -0.15) is 0 Å². The van der Waals surface area contributed by atoms with Crippen molar-refractivity contribution in [2.45, 2.75) is 32.2 Å². The zero-order valence-electron chi connectivity index (χ0n) is 10.6. The lowest BCUT2D eigenvalue weighted by atomic mass is 10.1. The monoisotopic (exact) mass is 325 g/mol. The van der Waals surface area contributed by atoms with Crippen LogP contribution >= 0.6 is 15.9 Å². The molecule has 0 bridgehead atoms. The second kappa shape index (κ2) is 5.74. The molecule has 0 heterocycles. The van der Waals surface area contributed by atoms with Gasteiger partial charge in [0.2, 0.25) is 0 Å². The third kappa shape index (κ3) is 3.56. The maximum atomic E-state index is 12.1. The summed E-state index contributed by atoms with van der Waals surface area (Å²) in [4.78, 5) is 23.3. The van der Waals surface area contributed by atoms with Crippen molar-refractivity contribution in [2.75, 3.05) is 0 Å². The molecule has 4 nitrogen and oxygen atoms in total. The Morgan fingerprint density at radius 1 is 1.47 bits per heavy atom. The first-order valence-corrected chi connectivity index (χ1v) is 7.07. The standard InChI is InChI=1S/C14H16BrNO3/c1-8-3-2-4-10(12(8)15)13(17)16-11(14(18)19)7-9-5-6-9/h2-4,9,11H,5-7H2,1H3,(H,16,17)(H,18,19). The Morgan fingerprint density at radius 3 is 2.74 bits per heavy atom. The van der Waals surface area contributed by atoms with Crippen LogP contribution in [0.3, 0.4) is 0 Å². The molecular weight excluding hydrogens is 310 g/mol. The van der Waals surface area contributed by atoms with Crippen molar-refractivity contribution >= 4 is 27.8 Å². The van der Waals surface area contributed by atoms with Crippen molar-refractivity contribution in [2.24, 2.45) is 5.92 Å². The molecule has 0 aromatic heterocycles. The van der Waals surface area contributed by atoms with E-state index in [-0.39, 0.29) is 5.91 Å². The summed E-state index contributed by atoms with van der Waals surface area (Å²) in [7, 11) is 0. The molecule has 0 aliphatic heterocycles. The van der Waals surface area contributed by atoms with Crippen LogP contribution in [-0.4, -0.2) is 23.0 Å². The molecule has 102 valence electrons. The Hall–Kier alpha value is -1.36. The Labute approximate surface area is 120 Å². The molecule has 0 saturated heterocycles. The summed E-state index contributed by atoms with van der Waals surface area (Å²) >= 11 is 3.36. The number of carbonyl (C=O) groups excluding carboxylic acids is 1. The lowest BCUT2D eigenvalue weighted by molar-refractivity contribution is -0.139. The molecule has 19 heavy (non-hydrogen) atoms. The van der Waals surface area contributed by atoms with Gasteiger partial charge < -0.3 is 10.4 Å². The van der Waals surface area contributed by atoms with E-state index in [9.17, 15) is 9.59 Å². The van der Waals surface area contributed by atoms with Gasteiger partial charge in [0.1, 0.15) is 6.04 Å². The Morgan fingerprint density at radius 2 is 2.16 bits per heavy atom. The van der Waals surface area contributed by atoms with Gasteiger partial charge in [-0.25, -0.2) is 4.79 Å². The molecule has 0 spiro atoms. The van der Waals surface area contributed by atoms with E-state index in [2.05, 4.69) is 21.2 Å². The van der Waals surface area contributed by atoms with Gasteiger partial charge in [0.25, 0.3) is 5.91 Å². The molecule has 1 amide bonds. The van der Waals surface area contributed by atoms with Crippen LogP contribution in [0.2, 0.25) is 0 Å². The lowest BCUT2D eigenvalue weighted by Gasteiger charge is -2.15. The fraction of sp³-hybridized carbons (Fsp3) is 0.429. The minimum Gasteiger partial charge on any atom is -0.480 e. The summed E-state index contributed by atoms with van der Waals surface area (Å²) in [6.45, 7) is 1.89. The average molecular weight is 326 g/mol. The third-order valence-electron chi connectivity index (χ3n) is 3.31. The van der Waals surface area contributed by atoms with Crippen molar-refractivity contribution in [3.05, 3.63) is 33.8 Å². The van der Waals surface area contributed by atoms with Gasteiger partial charge in [-0.3, -0.25) is 4.79 Å². The average Bonchev–Trinajstić information content (AvgIpc) is 3.15. The second-order valence-electron chi connectivity index (χ2n) is 4.98. The molecule has 2 rings (SSSR count). The summed E-state index contributed by atoms with van der Waals surface area (Å²) in [5.41, 5.74) is 1.42. The third-order valence-corrected chi connectivity index (χ3v) is 4.36. The minimum absolute atomic E-state index is 0.344. The fourth-order valence-corrected chi connectivity index (χ4v) is 2.41. The number of hydrogen-bond donors (Lipinski definition) is 2. The number of carboxylic acids is 1. The van der Waals surface area contributed by atoms with Crippen molar-refractivity contribution < 1.29 is 14.7 Å². The number of carbonyl (C=O) groups is 2. The Bertz CT molecular complexity index is 511. The van der Waals surface area contributed by atoms with Crippen molar-refractivity contribution in [1.82, 2.24) is 5.32 Å². The number of nitrogens with one attached hydrogen (secondary N) is 1. The molecule has 1 fully saturated rings. The van der Waals surface area contributed by atoms with Gasteiger partial charge in [-0.15, -0.1) is 0 Å². The largest absolute Gasteiger partial charge is 0.480 e. The van der Waals surface area contributed by atoms with E-state index in [1.54, 1.807) is 12.1 Å². The highest BCUT2D eigenvalue weighted by atomic mass is 79.9. The van der Waals surface area contributed by atoms with Crippen LogP contribution < -0.4 is 5.32 Å². The van der Waals surface area contributed by atoms with Crippen LogP contribution in [0, 0.1) is 12.8 Å². The van der Waals surface area contributed by atoms with Gasteiger partial charge in [0.05, 0.1) is 5.56 Å². The normalized spacial score (nSPS) is 15.9. The smallest absolute Gasteiger partial charge is 0.326 e. The van der Waals surface area contributed by atoms with Crippen molar-refractivity contribution in [1.29, 1.82) is 0 Å². The van der Waals surface area contributed by atoms with Crippen LogP contribution in [0.5, 0.6) is 0 Å². The maximum Gasteiger partial charge on any atom is 0.326 e. The first-order valence-electron chi connectivity index (χ1n) is 6.28. The number of carboxylic acid groups (broad SMARTS) is 1. The van der Waals surface area contributed by atoms with Crippen LogP contribution in [0.25, 0.3) is 0 Å². The van der Waals surface area contributed by atoms with E-state index >= 15 is 0 Å². The summed E-state index contributed by atoms with van der Waals surface area (Å²) in [6, 6.07) is 4.56. The summed E-state index contributed by atoms with van der Waals surface area (Å²) in [5.74, 6) is -0.866. The predicted octanol–water partition coefficient (Wildman–Crippen LogP) is 2.74. The lowest BCUT2D eigenvalue weighted by Crippen LogP contribution is -2.41. The second-order valence-corrected chi connectivity index (χ2v) is 5.77. The SMILES string of the molecule is Cc1cccc(C(=O)NC(CC2CC2)C(=O)O)c1Br. The molecular formula is C14H16BrNO3. The van der Waals surface area contributed by atoms with Crippen LogP contribution in [0.4, 0.5) is 0 Å². The molecule has 1 saturated carbocycles. The highest BCUT2D eigenvalue weighted by molar-refractivity contribution is 9.10. The van der Waals surface area contributed by atoms with Crippen LogP contribution in [0.15, 0.2) is 22.7 Å². The van der Waals surface area contributed by atoms with Crippen LogP contribution in [-0.2, 0) is 4.79 Å². The predicted molar refractivity (Wildman–Crippen MR) is 75.1 cm³/mol. The molecule has 1 aliphatic rings. The molecule has 1 aromatic carbocycles. The zero-order chi connectivity index (χ0) is 14.0. The van der Waals surface area contributed by atoms with E-state index in [1.807, 2.05) is 13.0 Å². The molecule has 5 heteroatoms. The molecule has 1 aliphatic carbocycles. The number of amides is 1. The van der Waals surface area contributed by atoms with Gasteiger partial charge in [0, 0.05) is 4.47 Å². The number of benzene rings is 1. The summed E-state index contributed by atoms with van der Waals surface area (Å²) in [5, 5.41) is 11.7. The van der Waals surface area contributed by atoms with Crippen molar-refractivity contribution in [3.63, 3.8) is 0 Å². The number of aliphatic carboxylic acids is 1. The molecule has 1 atom stereocenters. The highest BCUT2D eigenvalue weighted by Crippen LogP contribution is 2.33. The van der Waals surface area contributed by atoms with Gasteiger partial charge >= 0.3 is 5.97 Å². The van der Waals surface area contributed by atoms with Gasteiger partial charge in [-0.05, 0) is 46.8 Å². The summed E-state index contributed by atoms with van der Waals surface area (Å²) < 4.78 is 0.711. The Balaban J connectivity index is 2.09. The zero-order valence-corrected chi connectivity index (χ0v) is 12.2. The molecule has 1 aromatic rings. The number of hydrogen-bond acceptors (Lipinski definition) is 2. The van der Waals surface area contributed by atoms with Gasteiger partial charge in [-0.1, -0.05) is 25.0 Å². The molecule has 1 unspecified atom stereocenters. The minimum atomic E-state index is -0.968. The summed E-state index contributed by atoms with van der Waals surface area (Å²) in [6.07, 6.45) is 2.64. The van der Waals surface area contributed by atoms with E-state index in [4.69, 9.17) is 5.11 Å². The first kappa shape index (κ1) is 14.1. The number of rotatable bonds is 5. The number of halogens is 1. The molecule has 0 radical (unpaired) electrons. The fourth-order valence-electron chi connectivity index (χ4n) is 1.97. The van der Waals surface area contributed by atoms with Crippen LogP contribution in [0.1, 0.15) is 35.2 Å². The van der Waals surface area contributed by atoms with E-state index in [0.717, 1.165) is 18.4 Å². The first-order chi connectivity index (χ1) is 8.99. The van der Waals surface area contributed by atoms with Crippen molar-refractivity contribution in [3.8, 4) is 0 Å². The Kier molecular flexibility index (Phi) is 4.24. The van der Waals surface area contributed by atoms with E-state index in [1.165, 1.54) is 0 Å². The van der Waals surface area contributed by atoms with Gasteiger partial charge in [0.15, 0.2) is 0 Å². The highest BCUT2D eigenvalue weighted by Gasteiger charge is 2.30. The molecule has 2 N–H and O–H groups in total. The maximum absolute atomic E-state index is 12.1.